The van der Waals surface area contributed by atoms with Crippen LogP contribution in [0.15, 0.2) is 12.7 Å². The Bertz CT molecular complexity index is 655. The molecule has 2 unspecified atom stereocenters. The Labute approximate surface area is 217 Å². The van der Waals surface area contributed by atoms with Crippen molar-refractivity contribution in [3.05, 3.63) is 12.7 Å². The number of rotatable bonds is 11. The van der Waals surface area contributed by atoms with Crippen molar-refractivity contribution in [3.8, 4) is 0 Å². The topological polar surface area (TPSA) is 82.1 Å². The third kappa shape index (κ3) is 10.7. The van der Waals surface area contributed by atoms with Crippen molar-refractivity contribution < 1.29 is 28.6 Å². The fourth-order valence-electron chi connectivity index (χ4n) is 3.68. The van der Waals surface area contributed by atoms with E-state index in [1.165, 1.54) is 36.5 Å². The highest BCUT2D eigenvalue weighted by Gasteiger charge is 2.47. The lowest BCUT2D eigenvalue weighted by Gasteiger charge is -2.43. The van der Waals surface area contributed by atoms with Crippen LogP contribution in [-0.4, -0.2) is 69.9 Å². The summed E-state index contributed by atoms with van der Waals surface area (Å²) in [5.74, 6) is 1.02. The number of thioether (sulfide) groups is 1. The second-order valence-electron chi connectivity index (χ2n) is 8.34. The molecule has 0 aliphatic carbocycles. The van der Waals surface area contributed by atoms with E-state index < -0.39 is 29.1 Å². The van der Waals surface area contributed by atoms with Gasteiger partial charge in [-0.25, -0.2) is 9.59 Å². The first-order chi connectivity index (χ1) is 16.2. The average molecular weight is 536 g/mol. The highest BCUT2D eigenvalue weighted by Crippen LogP contribution is 2.40. The average Bonchev–Trinajstić information content (AvgIpc) is 3.31. The largest absolute Gasteiger partial charge is 0.460 e. The van der Waals surface area contributed by atoms with Gasteiger partial charge in [0.15, 0.2) is 0 Å². The van der Waals surface area contributed by atoms with E-state index in [-0.39, 0.29) is 12.6 Å². The number of nitrogens with zero attached hydrogens (tertiary/aromatic N) is 1. The third-order valence-electron chi connectivity index (χ3n) is 5.28. The molecule has 0 N–H and O–H groups in total. The molecule has 0 aromatic heterocycles. The summed E-state index contributed by atoms with van der Waals surface area (Å²) in [6, 6.07) is -0.798. The molecule has 2 aliphatic rings. The summed E-state index contributed by atoms with van der Waals surface area (Å²) >= 11 is 1.60. The zero-order valence-electron chi connectivity index (χ0n) is 21.2. The monoisotopic (exact) mass is 535 g/mol. The van der Waals surface area contributed by atoms with E-state index in [0.717, 1.165) is 24.5 Å². The summed E-state index contributed by atoms with van der Waals surface area (Å²) in [5.41, 5.74) is 0. The van der Waals surface area contributed by atoms with Crippen molar-refractivity contribution in [3.63, 3.8) is 0 Å². The van der Waals surface area contributed by atoms with Gasteiger partial charge in [0.25, 0.3) is 0 Å². The number of unbranched alkanes of at least 4 members (excludes halogenated alkanes) is 2. The van der Waals surface area contributed by atoms with Gasteiger partial charge in [-0.3, -0.25) is 9.69 Å². The molecular weight excluding hydrogens is 494 g/mol. The van der Waals surface area contributed by atoms with Gasteiger partial charge in [0, 0.05) is 41.4 Å². The molecular formula is C24H41NO6S3. The fourth-order valence-corrected chi connectivity index (χ4v) is 7.90. The lowest BCUT2D eigenvalue weighted by Crippen LogP contribution is -2.59. The van der Waals surface area contributed by atoms with E-state index in [9.17, 15) is 14.4 Å². The number of carbonyl (C=O) groups excluding carboxylic acids is 3. The molecule has 2 heterocycles. The van der Waals surface area contributed by atoms with E-state index in [4.69, 9.17) is 14.2 Å². The minimum Gasteiger partial charge on any atom is -0.460 e. The minimum atomic E-state index is -1.02. The molecule has 0 radical (unpaired) electrons. The van der Waals surface area contributed by atoms with Gasteiger partial charge in [0.1, 0.15) is 12.6 Å². The quantitative estimate of drug-likeness (QED) is 0.103. The van der Waals surface area contributed by atoms with Crippen molar-refractivity contribution in [1.29, 1.82) is 0 Å². The zero-order valence-corrected chi connectivity index (χ0v) is 23.7. The van der Waals surface area contributed by atoms with E-state index in [0.29, 0.717) is 18.7 Å². The van der Waals surface area contributed by atoms with Gasteiger partial charge in [-0.1, -0.05) is 60.9 Å². The number of carbonyl (C=O) groups is 3. The zero-order chi connectivity index (χ0) is 25.6. The Hall–Kier alpha value is -1.00. The van der Waals surface area contributed by atoms with Gasteiger partial charge in [0.05, 0.1) is 0 Å². The van der Waals surface area contributed by atoms with Crippen LogP contribution in [0.4, 0.5) is 4.79 Å². The summed E-state index contributed by atoms with van der Waals surface area (Å²) in [4.78, 5) is 38.8. The van der Waals surface area contributed by atoms with Gasteiger partial charge in [0.2, 0.25) is 6.29 Å². The number of hydrogen-bond acceptors (Lipinski definition) is 9. The minimum absolute atomic E-state index is 0.0748. The molecule has 10 heteroatoms. The molecule has 1 amide bonds. The predicted molar refractivity (Wildman–Crippen MR) is 143 cm³/mol. The van der Waals surface area contributed by atoms with Crippen LogP contribution in [0.2, 0.25) is 0 Å². The Morgan fingerprint density at radius 1 is 1.15 bits per heavy atom. The molecule has 0 saturated carbocycles. The summed E-state index contributed by atoms with van der Waals surface area (Å²) in [6.45, 7) is 13.3. The molecule has 3 atom stereocenters. The summed E-state index contributed by atoms with van der Waals surface area (Å²) in [5, 5.41) is 0.752. The number of ether oxygens (including phenoxy) is 3. The van der Waals surface area contributed by atoms with Crippen LogP contribution < -0.4 is 0 Å². The first-order valence-electron chi connectivity index (χ1n) is 12.1. The predicted octanol–water partition coefficient (Wildman–Crippen LogP) is 6.07. The van der Waals surface area contributed by atoms with Gasteiger partial charge >= 0.3 is 18.0 Å². The molecule has 0 aromatic rings. The Morgan fingerprint density at radius 2 is 1.88 bits per heavy atom. The van der Waals surface area contributed by atoms with Crippen molar-refractivity contribution in [2.45, 2.75) is 95.5 Å². The summed E-state index contributed by atoms with van der Waals surface area (Å²) < 4.78 is 15.3. The summed E-state index contributed by atoms with van der Waals surface area (Å²) in [6.07, 6.45) is 5.41. The standard InChI is InChI=1S/C22H35NO6S3.C2H6/c1-5-13-27-20(25)19-22(3,4)30-15-12-23(19)21(26)29-16(2)28-18(24)10-8-6-7-9-17-11-14-31-32-17;1-2/h5,16-17,19H,1,6-15H2,2-4H3;1-2H3/t16?,17-,19?;/m0./s1. The third-order valence-corrected chi connectivity index (χ3v) is 9.64. The molecule has 2 rings (SSSR count). The van der Waals surface area contributed by atoms with E-state index in [1.54, 1.807) is 11.8 Å². The second kappa shape index (κ2) is 16.6. The van der Waals surface area contributed by atoms with Gasteiger partial charge in [-0.05, 0) is 33.1 Å². The second-order valence-corrected chi connectivity index (χ2v) is 12.9. The van der Waals surface area contributed by atoms with Crippen LogP contribution in [0.1, 0.15) is 73.1 Å². The van der Waals surface area contributed by atoms with E-state index >= 15 is 0 Å². The maximum Gasteiger partial charge on any atom is 0.413 e. The molecule has 196 valence electrons. The smallest absolute Gasteiger partial charge is 0.413 e. The number of amides is 1. The number of esters is 2. The van der Waals surface area contributed by atoms with Crippen LogP contribution >= 0.6 is 33.3 Å². The van der Waals surface area contributed by atoms with Gasteiger partial charge in [-0.15, -0.1) is 0 Å². The molecule has 2 saturated heterocycles. The van der Waals surface area contributed by atoms with Crippen molar-refractivity contribution >= 4 is 51.4 Å². The molecule has 2 aliphatic heterocycles. The lowest BCUT2D eigenvalue weighted by molar-refractivity contribution is -0.168. The molecule has 7 nitrogen and oxygen atoms in total. The van der Waals surface area contributed by atoms with E-state index in [2.05, 4.69) is 6.58 Å². The summed E-state index contributed by atoms with van der Waals surface area (Å²) in [7, 11) is 3.92. The van der Waals surface area contributed by atoms with Crippen molar-refractivity contribution in [1.82, 2.24) is 4.90 Å². The maximum absolute atomic E-state index is 12.8. The highest BCUT2D eigenvalue weighted by atomic mass is 33.1. The van der Waals surface area contributed by atoms with Crippen molar-refractivity contribution in [2.75, 3.05) is 24.7 Å². The van der Waals surface area contributed by atoms with Crippen LogP contribution in [-0.2, 0) is 23.8 Å². The van der Waals surface area contributed by atoms with Crippen molar-refractivity contribution in [2.24, 2.45) is 0 Å². The van der Waals surface area contributed by atoms with E-state index in [1.807, 2.05) is 49.3 Å². The van der Waals surface area contributed by atoms with Crippen LogP contribution in [0.5, 0.6) is 0 Å². The first kappa shape index (κ1) is 31.0. The van der Waals surface area contributed by atoms with Gasteiger partial charge in [-0.2, -0.15) is 11.8 Å². The molecule has 0 aromatic carbocycles. The van der Waals surface area contributed by atoms with Crippen LogP contribution in [0, 0.1) is 0 Å². The Balaban J connectivity index is 0.00000281. The normalized spacial score (nSPS) is 22.1. The SMILES string of the molecule is C=CCOC(=O)C1N(C(=O)OC(C)OC(=O)CCCCC[C@H]2CCSS2)CCSC1(C)C.CC. The van der Waals surface area contributed by atoms with Crippen LogP contribution in [0.25, 0.3) is 0 Å². The molecule has 0 bridgehead atoms. The maximum atomic E-state index is 12.8. The Morgan fingerprint density at radius 3 is 2.53 bits per heavy atom. The van der Waals surface area contributed by atoms with Crippen LogP contribution in [0.3, 0.4) is 0 Å². The first-order valence-corrected chi connectivity index (χ1v) is 15.5. The highest BCUT2D eigenvalue weighted by molar-refractivity contribution is 8.77. The molecule has 0 spiro atoms. The fraction of sp³-hybridized carbons (Fsp3) is 0.792. The molecule has 34 heavy (non-hydrogen) atoms. The lowest BCUT2D eigenvalue weighted by atomic mass is 10.0. The Kier molecular flexibility index (Phi) is 15.2. The van der Waals surface area contributed by atoms with Gasteiger partial charge < -0.3 is 14.2 Å². The molecule has 2 fully saturated rings. The number of hydrogen-bond donors (Lipinski definition) is 0.